The third-order valence-corrected chi connectivity index (χ3v) is 6.73. The highest BCUT2D eigenvalue weighted by Gasteiger charge is 2.31. The maximum Gasteiger partial charge on any atom is 0.573 e. The molecule has 3 aromatic carbocycles. The van der Waals surface area contributed by atoms with Crippen molar-refractivity contribution in [1.29, 1.82) is 0 Å². The third kappa shape index (κ3) is 9.53. The largest absolute Gasteiger partial charge is 0.573 e. The van der Waals surface area contributed by atoms with Gasteiger partial charge in [-0.3, -0.25) is 5.32 Å². The van der Waals surface area contributed by atoms with Gasteiger partial charge in [0.15, 0.2) is 10.9 Å². The molecule has 1 heterocycles. The number of hydrogen-bond acceptors (Lipinski definition) is 5. The molecule has 8 nitrogen and oxygen atoms in total. The fourth-order valence-electron chi connectivity index (χ4n) is 4.38. The van der Waals surface area contributed by atoms with E-state index in [1.807, 2.05) is 37.3 Å². The van der Waals surface area contributed by atoms with E-state index in [9.17, 15) is 18.0 Å². The van der Waals surface area contributed by atoms with Gasteiger partial charge in [-0.15, -0.1) is 18.3 Å². The molecule has 1 aromatic heterocycles. The zero-order chi connectivity index (χ0) is 31.0. The minimum Gasteiger partial charge on any atom is -0.406 e. The first-order valence-corrected chi connectivity index (χ1v) is 14.2. The lowest BCUT2D eigenvalue weighted by atomic mass is 9.99. The molecule has 0 unspecified atom stereocenters. The molecule has 0 bridgehead atoms. The van der Waals surface area contributed by atoms with Crippen molar-refractivity contribution in [3.8, 4) is 22.8 Å². The number of ether oxygens (including phenoxy) is 1. The van der Waals surface area contributed by atoms with Crippen molar-refractivity contribution in [3.05, 3.63) is 89.7 Å². The first kappa shape index (κ1) is 31.5. The summed E-state index contributed by atoms with van der Waals surface area (Å²) in [6.45, 7) is 6.73. The number of aryl methyl sites for hydroxylation is 2. The molecule has 0 radical (unpaired) electrons. The average molecular weight is 611 g/mol. The number of thiocarbonyl (C=S) groups is 1. The van der Waals surface area contributed by atoms with Crippen LogP contribution in [-0.4, -0.2) is 38.8 Å². The standard InChI is InChI=1S/C31H33F3N6O2S/c1-20(2)26-16-7-21(3)18-27(26)37-30(43)38-29(41)35-17-5-4-6-22-8-10-23(11-9-22)28-36-19-40(39-28)24-12-14-25(15-13-24)42-31(32,33)34/h7-16,18-20H,4-6,17H2,1-3H3,(H3,35,37,38,41,43). The summed E-state index contributed by atoms with van der Waals surface area (Å²) >= 11 is 5.33. The highest BCUT2D eigenvalue weighted by atomic mass is 32.1. The van der Waals surface area contributed by atoms with E-state index in [4.69, 9.17) is 12.2 Å². The van der Waals surface area contributed by atoms with Gasteiger partial charge in [-0.1, -0.05) is 50.2 Å². The van der Waals surface area contributed by atoms with Crippen LogP contribution >= 0.6 is 12.2 Å². The number of benzene rings is 3. The van der Waals surface area contributed by atoms with Gasteiger partial charge < -0.3 is 15.4 Å². The van der Waals surface area contributed by atoms with Gasteiger partial charge in [0, 0.05) is 17.8 Å². The Bertz CT molecular complexity index is 1540. The van der Waals surface area contributed by atoms with Crippen molar-refractivity contribution in [2.75, 3.05) is 11.9 Å². The molecule has 4 rings (SSSR count). The number of carbonyl (C=O) groups is 1. The van der Waals surface area contributed by atoms with Gasteiger partial charge >= 0.3 is 12.4 Å². The zero-order valence-corrected chi connectivity index (χ0v) is 24.9. The summed E-state index contributed by atoms with van der Waals surface area (Å²) < 4.78 is 42.5. The molecule has 0 aliphatic rings. The number of aromatic nitrogens is 3. The number of hydrogen-bond donors (Lipinski definition) is 3. The van der Waals surface area contributed by atoms with E-state index in [2.05, 4.69) is 56.8 Å². The van der Waals surface area contributed by atoms with Crippen LogP contribution in [0.5, 0.6) is 5.75 Å². The number of carbonyl (C=O) groups excluding carboxylic acids is 1. The average Bonchev–Trinajstić information content (AvgIpc) is 3.43. The van der Waals surface area contributed by atoms with E-state index in [0.717, 1.165) is 47.2 Å². The molecular formula is C31H33F3N6O2S. The normalized spacial score (nSPS) is 11.3. The highest BCUT2D eigenvalue weighted by molar-refractivity contribution is 7.80. The number of rotatable bonds is 10. The first-order valence-electron chi connectivity index (χ1n) is 13.8. The van der Waals surface area contributed by atoms with Crippen LogP contribution in [0, 0.1) is 6.92 Å². The van der Waals surface area contributed by atoms with Crippen LogP contribution in [0.2, 0.25) is 0 Å². The predicted octanol–water partition coefficient (Wildman–Crippen LogP) is 7.28. The number of nitrogens with zero attached hydrogens (tertiary/aromatic N) is 3. The summed E-state index contributed by atoms with van der Waals surface area (Å²) in [5, 5.41) is 13.3. The molecule has 226 valence electrons. The predicted molar refractivity (Wildman–Crippen MR) is 164 cm³/mol. The second kappa shape index (κ2) is 14.1. The van der Waals surface area contributed by atoms with Crippen LogP contribution in [0.15, 0.2) is 73.1 Å². The molecule has 0 fully saturated rings. The first-order chi connectivity index (χ1) is 20.5. The Kier molecular flexibility index (Phi) is 10.4. The summed E-state index contributed by atoms with van der Waals surface area (Å²) in [5.41, 5.74) is 5.62. The zero-order valence-electron chi connectivity index (χ0n) is 24.0. The number of amides is 2. The monoisotopic (exact) mass is 610 g/mol. The number of halogens is 3. The Morgan fingerprint density at radius 3 is 2.42 bits per heavy atom. The minimum atomic E-state index is -4.74. The van der Waals surface area contributed by atoms with E-state index in [-0.39, 0.29) is 16.9 Å². The molecule has 4 aromatic rings. The van der Waals surface area contributed by atoms with Gasteiger partial charge in [0.1, 0.15) is 12.1 Å². The van der Waals surface area contributed by atoms with Crippen LogP contribution < -0.4 is 20.7 Å². The van der Waals surface area contributed by atoms with Gasteiger partial charge in [0.25, 0.3) is 0 Å². The Morgan fingerprint density at radius 1 is 1.02 bits per heavy atom. The van der Waals surface area contributed by atoms with Crippen molar-refractivity contribution in [3.63, 3.8) is 0 Å². The lowest BCUT2D eigenvalue weighted by molar-refractivity contribution is -0.274. The third-order valence-electron chi connectivity index (χ3n) is 6.52. The highest BCUT2D eigenvalue weighted by Crippen LogP contribution is 2.26. The minimum absolute atomic E-state index is 0.248. The van der Waals surface area contributed by atoms with E-state index in [0.29, 0.717) is 24.0 Å². The number of urea groups is 1. The topological polar surface area (TPSA) is 93.1 Å². The lowest BCUT2D eigenvalue weighted by Crippen LogP contribution is -2.42. The van der Waals surface area contributed by atoms with Gasteiger partial charge in [0.2, 0.25) is 0 Å². The van der Waals surface area contributed by atoms with Crippen LogP contribution in [0.4, 0.5) is 23.7 Å². The van der Waals surface area contributed by atoms with Gasteiger partial charge in [-0.25, -0.2) is 14.5 Å². The van der Waals surface area contributed by atoms with Crippen molar-refractivity contribution in [1.82, 2.24) is 25.4 Å². The molecule has 43 heavy (non-hydrogen) atoms. The molecule has 0 saturated carbocycles. The Balaban J connectivity index is 1.18. The Hall–Kier alpha value is -4.45. The summed E-state index contributed by atoms with van der Waals surface area (Å²) in [6.07, 6.45) is -0.731. The van der Waals surface area contributed by atoms with Gasteiger partial charge in [-0.05, 0) is 91.3 Å². The van der Waals surface area contributed by atoms with E-state index >= 15 is 0 Å². The van der Waals surface area contributed by atoms with Crippen LogP contribution in [-0.2, 0) is 6.42 Å². The molecule has 2 amide bonds. The van der Waals surface area contributed by atoms with Gasteiger partial charge in [0.05, 0.1) is 5.69 Å². The van der Waals surface area contributed by atoms with E-state index in [1.165, 1.54) is 35.3 Å². The van der Waals surface area contributed by atoms with Crippen LogP contribution in [0.25, 0.3) is 17.1 Å². The smallest absolute Gasteiger partial charge is 0.406 e. The van der Waals surface area contributed by atoms with Crippen molar-refractivity contribution in [2.45, 2.75) is 52.3 Å². The van der Waals surface area contributed by atoms with E-state index in [1.54, 1.807) is 0 Å². The van der Waals surface area contributed by atoms with Crippen molar-refractivity contribution in [2.24, 2.45) is 0 Å². The molecular weight excluding hydrogens is 577 g/mol. The SMILES string of the molecule is Cc1ccc(C(C)C)c(NC(=S)NC(=O)NCCCCc2ccc(-c3ncn(-c4ccc(OC(F)(F)F)cc4)n3)cc2)c1. The molecule has 12 heteroatoms. The van der Waals surface area contributed by atoms with Crippen molar-refractivity contribution < 1.29 is 22.7 Å². The summed E-state index contributed by atoms with van der Waals surface area (Å²) in [6, 6.07) is 19.0. The molecule has 0 saturated heterocycles. The summed E-state index contributed by atoms with van der Waals surface area (Å²) in [7, 11) is 0. The van der Waals surface area contributed by atoms with Crippen LogP contribution in [0.1, 0.15) is 49.3 Å². The Labute approximate surface area is 253 Å². The maximum atomic E-state index is 12.4. The second-order valence-electron chi connectivity index (χ2n) is 10.3. The number of alkyl halides is 3. The second-order valence-corrected chi connectivity index (χ2v) is 10.7. The number of unbranched alkanes of at least 4 members (excludes halogenated alkanes) is 1. The fraction of sp³-hybridized carbons (Fsp3) is 0.290. The number of nitrogens with one attached hydrogen (secondary N) is 3. The van der Waals surface area contributed by atoms with E-state index < -0.39 is 6.36 Å². The van der Waals surface area contributed by atoms with Crippen molar-refractivity contribution >= 4 is 29.0 Å². The molecule has 0 spiro atoms. The quantitative estimate of drug-likeness (QED) is 0.129. The number of anilines is 1. The molecule has 0 atom stereocenters. The molecule has 0 aliphatic carbocycles. The Morgan fingerprint density at radius 2 is 1.74 bits per heavy atom. The summed E-state index contributed by atoms with van der Waals surface area (Å²) in [5.74, 6) is 0.505. The lowest BCUT2D eigenvalue weighted by Gasteiger charge is -2.16. The van der Waals surface area contributed by atoms with Gasteiger partial charge in [-0.2, -0.15) is 0 Å². The summed E-state index contributed by atoms with van der Waals surface area (Å²) in [4.78, 5) is 16.6. The molecule has 0 aliphatic heterocycles. The maximum absolute atomic E-state index is 12.4. The molecule has 3 N–H and O–H groups in total. The fourth-order valence-corrected chi connectivity index (χ4v) is 4.58. The van der Waals surface area contributed by atoms with Crippen LogP contribution in [0.3, 0.4) is 0 Å².